The molecule has 8 bridgehead atoms. The van der Waals surface area contributed by atoms with E-state index in [1.165, 1.54) is 22.3 Å². The predicted octanol–water partition coefficient (Wildman–Crippen LogP) is 20.2. The number of unbranched alkanes of at least 4 members (excludes halogenated alkanes) is 4. The minimum Gasteiger partial charge on any atom is -0.507 e. The maximum absolute atomic E-state index is 12.4. The van der Waals surface area contributed by atoms with Gasteiger partial charge in [0.05, 0.1) is 45.5 Å². The number of phenols is 4. The van der Waals surface area contributed by atoms with Gasteiger partial charge in [0.15, 0.2) is 0 Å². The summed E-state index contributed by atoms with van der Waals surface area (Å²) in [6.45, 7) is 8.71. The topological polar surface area (TPSA) is 180 Å². The van der Waals surface area contributed by atoms with Crippen LogP contribution in [0.15, 0.2) is 187 Å². The molecule has 0 spiro atoms. The molecule has 0 atom stereocenters. The van der Waals surface area contributed by atoms with Gasteiger partial charge in [-0.15, -0.1) is 0 Å². The van der Waals surface area contributed by atoms with E-state index < -0.39 is 0 Å². The van der Waals surface area contributed by atoms with Crippen molar-refractivity contribution in [2.75, 3.05) is 0 Å². The molecule has 0 saturated heterocycles. The van der Waals surface area contributed by atoms with E-state index in [0.29, 0.717) is 90.0 Å². The van der Waals surface area contributed by atoms with Crippen molar-refractivity contribution in [1.82, 2.24) is 0 Å². The standard InChI is InChI=1S/C68H72N8O4/c1-5-9-13-45-17-25-57(26-18-45)69-73-61-37-49-33-51-39-62(74-70-58-27-19-46(20-28-58)14-10-6-2)41-53(66(51)78)35-55-43-64(76-72-60-31-23-48(24-32-60)16-12-8-4)44-56(68(55)80)36-54-42-63(40-52(67(54)79)34-50(38-61)65(49)77)75-71-59-29-21-47(22-30-59)15-11-7-3/h17-32,37-44,77-80H,5-16,33-36H2,1-4H3. The average Bonchev–Trinajstić information content (AvgIpc) is 3.52. The molecule has 1 aliphatic rings. The zero-order valence-corrected chi connectivity index (χ0v) is 46.5. The molecule has 0 unspecified atom stereocenters. The molecule has 8 aromatic carbocycles. The third-order valence-electron chi connectivity index (χ3n) is 14.7. The van der Waals surface area contributed by atoms with Crippen molar-refractivity contribution < 1.29 is 20.4 Å². The van der Waals surface area contributed by atoms with Crippen molar-refractivity contribution in [2.45, 2.75) is 130 Å². The summed E-state index contributed by atoms with van der Waals surface area (Å²) in [7, 11) is 0. The van der Waals surface area contributed by atoms with E-state index >= 15 is 0 Å². The Labute approximate surface area is 470 Å². The fraction of sp³-hybridized carbons (Fsp3) is 0.294. The van der Waals surface area contributed by atoms with Crippen LogP contribution in [-0.2, 0) is 51.4 Å². The molecule has 408 valence electrons. The van der Waals surface area contributed by atoms with E-state index in [1.807, 2.05) is 48.5 Å². The van der Waals surface area contributed by atoms with Gasteiger partial charge < -0.3 is 20.4 Å². The molecule has 0 aromatic heterocycles. The molecule has 12 nitrogen and oxygen atoms in total. The quantitative estimate of drug-likeness (QED) is 0.0555. The molecule has 9 rings (SSSR count). The predicted molar refractivity (Wildman–Crippen MR) is 321 cm³/mol. The lowest BCUT2D eigenvalue weighted by Gasteiger charge is -2.18. The number of aromatic hydroxyl groups is 4. The molecule has 8 aromatic rings. The highest BCUT2D eigenvalue weighted by Gasteiger charge is 2.22. The molecule has 0 fully saturated rings. The van der Waals surface area contributed by atoms with E-state index in [9.17, 15) is 20.4 Å². The van der Waals surface area contributed by atoms with Crippen molar-refractivity contribution in [3.05, 3.63) is 212 Å². The van der Waals surface area contributed by atoms with Crippen LogP contribution < -0.4 is 0 Å². The molecule has 4 N–H and O–H groups in total. The van der Waals surface area contributed by atoms with Gasteiger partial charge in [-0.2, -0.15) is 40.9 Å². The Kier molecular flexibility index (Phi) is 19.1. The first-order chi connectivity index (χ1) is 39.0. The van der Waals surface area contributed by atoms with Crippen molar-refractivity contribution in [3.8, 4) is 23.0 Å². The summed E-state index contributed by atoms with van der Waals surface area (Å²) >= 11 is 0. The molecule has 0 saturated carbocycles. The number of fused-ring (bicyclic) bond motifs is 8. The summed E-state index contributed by atoms with van der Waals surface area (Å²) in [4.78, 5) is 0. The summed E-state index contributed by atoms with van der Waals surface area (Å²) in [5, 5.41) is 86.9. The number of hydrogen-bond acceptors (Lipinski definition) is 12. The lowest BCUT2D eigenvalue weighted by Crippen LogP contribution is -2.01. The lowest BCUT2D eigenvalue weighted by molar-refractivity contribution is 0.450. The Balaban J connectivity index is 1.18. The minimum absolute atomic E-state index is 0.0305. The van der Waals surface area contributed by atoms with E-state index in [0.717, 1.165) is 77.0 Å². The van der Waals surface area contributed by atoms with E-state index in [4.69, 9.17) is 20.5 Å². The zero-order valence-electron chi connectivity index (χ0n) is 46.5. The number of benzene rings is 8. The van der Waals surface area contributed by atoms with Crippen molar-refractivity contribution >= 4 is 45.5 Å². The van der Waals surface area contributed by atoms with Crippen molar-refractivity contribution in [3.63, 3.8) is 0 Å². The molecule has 12 heteroatoms. The van der Waals surface area contributed by atoms with Gasteiger partial charge in [0.25, 0.3) is 0 Å². The highest BCUT2D eigenvalue weighted by molar-refractivity contribution is 5.64. The van der Waals surface area contributed by atoms with E-state index in [1.54, 1.807) is 48.5 Å². The molecule has 80 heavy (non-hydrogen) atoms. The van der Waals surface area contributed by atoms with Gasteiger partial charge in [0, 0.05) is 70.2 Å². The van der Waals surface area contributed by atoms with E-state index in [2.05, 4.69) is 96.7 Å². The zero-order chi connectivity index (χ0) is 55.8. The molecule has 0 aliphatic heterocycles. The lowest BCUT2D eigenvalue weighted by atomic mass is 9.90. The van der Waals surface area contributed by atoms with Crippen LogP contribution in [0.3, 0.4) is 0 Å². The third-order valence-corrected chi connectivity index (χ3v) is 14.7. The van der Waals surface area contributed by atoms with E-state index in [-0.39, 0.29) is 48.7 Å². The van der Waals surface area contributed by atoms with Gasteiger partial charge >= 0.3 is 0 Å². The molecular weight excluding hydrogens is 993 g/mol. The monoisotopic (exact) mass is 1060 g/mol. The number of aryl methyl sites for hydroxylation is 4. The second-order valence-electron chi connectivity index (χ2n) is 21.0. The Morgan fingerprint density at radius 3 is 0.575 bits per heavy atom. The van der Waals surface area contributed by atoms with Gasteiger partial charge in [-0.1, -0.05) is 102 Å². The van der Waals surface area contributed by atoms with Crippen LogP contribution in [0, 0.1) is 0 Å². The second kappa shape index (κ2) is 27.3. The van der Waals surface area contributed by atoms with Crippen LogP contribution in [0.5, 0.6) is 23.0 Å². The van der Waals surface area contributed by atoms with Gasteiger partial charge in [0.1, 0.15) is 23.0 Å². The van der Waals surface area contributed by atoms with Crippen LogP contribution >= 0.6 is 0 Å². The number of nitrogens with zero attached hydrogens (tertiary/aromatic N) is 8. The van der Waals surface area contributed by atoms with Crippen LogP contribution in [-0.4, -0.2) is 20.4 Å². The first-order valence-corrected chi connectivity index (χ1v) is 28.5. The third kappa shape index (κ3) is 14.9. The first kappa shape index (κ1) is 56.1. The van der Waals surface area contributed by atoms with Crippen LogP contribution in [0.4, 0.5) is 45.5 Å². The summed E-state index contributed by atoms with van der Waals surface area (Å²) in [6.07, 6.45) is 13.0. The summed E-state index contributed by atoms with van der Waals surface area (Å²) in [5.74, 6) is -0.122. The van der Waals surface area contributed by atoms with Gasteiger partial charge in [-0.25, -0.2) is 0 Å². The van der Waals surface area contributed by atoms with Gasteiger partial charge in [0.2, 0.25) is 0 Å². The Bertz CT molecular complexity index is 2950. The van der Waals surface area contributed by atoms with Crippen LogP contribution in [0.25, 0.3) is 0 Å². The SMILES string of the molecule is CCCCc1ccc(N=Nc2cc3c(O)c(c2)Cc2cc(N=Nc4ccc(CCCC)cc4)cc(c2O)Cc2cc(N=Nc4ccc(CCCC)cc4)cc(c2O)Cc2cc(N=Nc4ccc(CCCC)cc4)cc(c2O)C3)cc1. The second-order valence-corrected chi connectivity index (χ2v) is 21.0. The minimum atomic E-state index is -0.0305. The smallest absolute Gasteiger partial charge is 0.122 e. The van der Waals surface area contributed by atoms with Gasteiger partial charge in [-0.3, -0.25) is 0 Å². The highest BCUT2D eigenvalue weighted by atomic mass is 16.3. The van der Waals surface area contributed by atoms with Crippen LogP contribution in [0.1, 0.15) is 146 Å². The van der Waals surface area contributed by atoms with Crippen molar-refractivity contribution in [2.24, 2.45) is 40.9 Å². The normalized spacial score (nSPS) is 12.7. The summed E-state index contributed by atoms with van der Waals surface area (Å²) in [5.41, 5.74) is 13.2. The first-order valence-electron chi connectivity index (χ1n) is 28.5. The Hall–Kier alpha value is -8.64. The number of phenolic OH excluding ortho intramolecular Hbond substituents is 4. The Morgan fingerprint density at radius 2 is 0.412 bits per heavy atom. The number of hydrogen-bond donors (Lipinski definition) is 4. The molecule has 0 radical (unpaired) electrons. The van der Waals surface area contributed by atoms with Crippen molar-refractivity contribution in [1.29, 1.82) is 0 Å². The van der Waals surface area contributed by atoms with Gasteiger partial charge in [-0.05, 0) is 171 Å². The summed E-state index contributed by atoms with van der Waals surface area (Å²) < 4.78 is 0. The van der Waals surface area contributed by atoms with Crippen LogP contribution in [0.2, 0.25) is 0 Å². The maximum Gasteiger partial charge on any atom is 0.122 e. The fourth-order valence-corrected chi connectivity index (χ4v) is 10.00. The number of rotatable bonds is 20. The highest BCUT2D eigenvalue weighted by Crippen LogP contribution is 2.43. The molecule has 0 heterocycles. The largest absolute Gasteiger partial charge is 0.507 e. The number of azo groups is 4. The molecule has 0 amide bonds. The maximum atomic E-state index is 12.4. The fourth-order valence-electron chi connectivity index (χ4n) is 10.00. The average molecular weight is 1070 g/mol. The summed E-state index contributed by atoms with van der Waals surface area (Å²) in [6, 6.07) is 46.3. The molecule has 1 aliphatic carbocycles. The molecular formula is C68H72N8O4. The Morgan fingerprint density at radius 1 is 0.250 bits per heavy atom.